The van der Waals surface area contributed by atoms with Crippen LogP contribution in [0.3, 0.4) is 0 Å². The number of unbranched alkanes of at least 4 members (excludes halogenated alkanes) is 1. The number of amides is 8. The van der Waals surface area contributed by atoms with Crippen molar-refractivity contribution in [2.24, 2.45) is 23.3 Å². The summed E-state index contributed by atoms with van der Waals surface area (Å²) in [6.45, 7) is 4.65. The first-order valence-corrected chi connectivity index (χ1v) is 47.1. The van der Waals surface area contributed by atoms with Crippen LogP contribution in [0.4, 0.5) is 4.39 Å². The van der Waals surface area contributed by atoms with Crippen molar-refractivity contribution in [2.45, 2.75) is 188 Å². The van der Waals surface area contributed by atoms with E-state index < -0.39 is 108 Å². The number of aromatic amines is 3. The zero-order chi connectivity index (χ0) is 88.3. The Morgan fingerprint density at radius 1 is 0.532 bits per heavy atom. The lowest BCUT2D eigenvalue weighted by molar-refractivity contribution is -0.137. The number of carbonyl (C=O) groups excluding carboxylic acids is 8. The van der Waals surface area contributed by atoms with Crippen LogP contribution in [-0.4, -0.2) is 237 Å². The third-order valence-corrected chi connectivity index (χ3v) is 28.5. The molecule has 18 N–H and O–H groups in total. The number of para-hydroxylation sites is 1. The summed E-state index contributed by atoms with van der Waals surface area (Å²) in [5, 5.41) is 49.5. The molecule has 6 heterocycles. The summed E-state index contributed by atoms with van der Waals surface area (Å²) in [7, 11) is 4.51. The van der Waals surface area contributed by atoms with Crippen molar-refractivity contribution in [2.75, 3.05) is 82.9 Å². The molecule has 0 bridgehead atoms. The highest BCUT2D eigenvalue weighted by Crippen LogP contribution is 2.47. The lowest BCUT2D eigenvalue weighted by atomic mass is 9.73. The molecule has 0 unspecified atom stereocenters. The maximum absolute atomic E-state index is 16.3. The second-order valence-corrected chi connectivity index (χ2v) is 37.4. The van der Waals surface area contributed by atoms with E-state index in [0.717, 1.165) is 61.2 Å². The largest absolute Gasteiger partial charge is 0.391 e. The van der Waals surface area contributed by atoms with Gasteiger partial charge in [0, 0.05) is 152 Å². The van der Waals surface area contributed by atoms with Gasteiger partial charge in [-0.3, -0.25) is 48.7 Å². The van der Waals surface area contributed by atoms with Crippen molar-refractivity contribution in [3.63, 3.8) is 0 Å². The molecule has 670 valence electrons. The van der Waals surface area contributed by atoms with E-state index in [4.69, 9.17) is 16.9 Å². The summed E-state index contributed by atoms with van der Waals surface area (Å²) in [6.07, 6.45) is 10.1. The number of nitrogens with two attached hydrogens (primary N) is 2. The Balaban J connectivity index is 0.797. The number of guanidine groups is 1. The smallest absolute Gasteiger partial charge is 0.245 e. The van der Waals surface area contributed by atoms with Crippen molar-refractivity contribution in [1.82, 2.24) is 77.5 Å². The van der Waals surface area contributed by atoms with Crippen LogP contribution in [0.15, 0.2) is 164 Å². The SMILES string of the molecule is C[C@@H](O)[C@@H]1NC(=O)[C@H](CCCCN)NC(=O)[C@@H](Cc2c[nH]c3ccccc23)NC(=O)[C@H](Cc2ccccc2)NC(=O)[C@H](Cc2ccccc2)NC(=O)[C@H](CCCNC(=N)N)NC(=O)[C@H](N(CCSC[C@@H]2C[C@@H]3c4cccc5[nH]cc(c45)C[C@H]3N(C)C2)CCSC[C@@H]2C[C@@H]3c4cccc5[nH]cc(c45)C[C@H]3N(C)C2)CCCCNC(=O)[C@H](Cc2ccc(F)cc2)NC1=O. The average molecular weight is 1760 g/mol. The van der Waals surface area contributed by atoms with Gasteiger partial charge in [0.1, 0.15) is 48.1 Å². The maximum atomic E-state index is 16.3. The monoisotopic (exact) mass is 1750 g/mol. The number of carbonyl (C=O) groups is 8. The highest BCUT2D eigenvalue weighted by Gasteiger charge is 2.43. The first-order valence-electron chi connectivity index (χ1n) is 44.8. The second-order valence-electron chi connectivity index (χ2n) is 35.1. The third kappa shape index (κ3) is 23.4. The van der Waals surface area contributed by atoms with Crippen molar-refractivity contribution in [1.29, 1.82) is 5.41 Å². The van der Waals surface area contributed by atoms with E-state index in [-0.39, 0.29) is 77.0 Å². The standard InChI is InChI=1S/C96H123FN18O9S2/c1-58(116)87-95(124)111-78(47-61-32-34-67(97)35-33-61)88(117)101-37-15-13-31-82(115(39-41-125-56-62-43-71-69-24-16-28-74-85(69)65(52-104-74)49-83(71)113(2)54-62)40-42-126-57-63-44-72-70-25-17-29-75-86(70)66(53-105-75)50-84(72)114(3)55-63)94(123)107-77(30-18-38-102-96(99)100)89(118)108-79(45-59-19-6-4-7-20-59)91(120)109-80(46-60-21-8-5-9-22-60)92(121)110-81(48-64-51-103-73-26-11-10-23-68(64)73)93(122)106-76(90(119)112-87)27-12-14-36-98/h4-11,16-17,19-26,28-29,32-35,51-53,58,62-63,71-72,76-84,87,103-105,116H,12-15,18,27,30-31,36-50,54-57,98H2,1-3H3,(H,101,117)(H,106,122)(H,107,123)(H,108,118)(H,109,120)(H,110,121)(H,111,124)(H,112,119)(H4,99,100,102)/t58-,62-,63-,71-,72-,76+,77+,78+,79+,80+,81-,82-,83-,84-,87+/m1/s1. The normalized spacial score (nSPS) is 25.1. The Labute approximate surface area is 744 Å². The number of nitrogens with zero attached hydrogens (tertiary/aromatic N) is 3. The van der Waals surface area contributed by atoms with Crippen LogP contribution >= 0.6 is 23.5 Å². The number of hydrogen-bond acceptors (Lipinski definition) is 16. The van der Waals surface area contributed by atoms with Crippen molar-refractivity contribution in [3.8, 4) is 0 Å². The second kappa shape index (κ2) is 43.7. The number of piperidine rings is 2. The molecule has 2 aliphatic carbocycles. The highest BCUT2D eigenvalue weighted by atomic mass is 32.2. The van der Waals surface area contributed by atoms with Gasteiger partial charge in [0.05, 0.1) is 12.1 Å². The molecule has 8 amide bonds. The zero-order valence-corrected chi connectivity index (χ0v) is 73.9. The van der Waals surface area contributed by atoms with Gasteiger partial charge in [-0.15, -0.1) is 0 Å². The summed E-state index contributed by atoms with van der Waals surface area (Å²) in [6, 6.07) is 34.1. The molecule has 0 spiro atoms. The van der Waals surface area contributed by atoms with Crippen molar-refractivity contribution >= 4 is 109 Å². The van der Waals surface area contributed by atoms with E-state index in [2.05, 4.69) is 140 Å². The van der Waals surface area contributed by atoms with Crippen molar-refractivity contribution in [3.05, 3.63) is 215 Å². The molecule has 3 saturated heterocycles. The van der Waals surface area contributed by atoms with Gasteiger partial charge in [0.15, 0.2) is 5.96 Å². The zero-order valence-electron chi connectivity index (χ0n) is 72.2. The van der Waals surface area contributed by atoms with Gasteiger partial charge in [-0.2, -0.15) is 23.5 Å². The van der Waals surface area contributed by atoms with Gasteiger partial charge in [-0.1, -0.05) is 115 Å². The molecule has 14 rings (SSSR count). The highest BCUT2D eigenvalue weighted by molar-refractivity contribution is 7.99. The van der Waals surface area contributed by atoms with E-state index in [1.165, 1.54) is 75.2 Å². The van der Waals surface area contributed by atoms with E-state index in [1.807, 2.05) is 84.2 Å². The minimum absolute atomic E-state index is 0.00812. The minimum Gasteiger partial charge on any atom is -0.391 e. The lowest BCUT2D eigenvalue weighted by Crippen LogP contribution is -2.62. The van der Waals surface area contributed by atoms with E-state index >= 15 is 24.0 Å². The molecule has 0 saturated carbocycles. The fourth-order valence-electron chi connectivity index (χ4n) is 19.7. The number of aliphatic hydroxyl groups excluding tert-OH is 1. The van der Waals surface area contributed by atoms with Crippen LogP contribution in [0.5, 0.6) is 0 Å². The number of likely N-dealkylation sites (N-methyl/N-ethyl adjacent to an activating group) is 2. The molecular formula is C96H123FN18O9S2. The summed E-state index contributed by atoms with van der Waals surface area (Å²) < 4.78 is 14.6. The number of benzene rings is 6. The van der Waals surface area contributed by atoms with Crippen LogP contribution in [0.25, 0.3) is 32.7 Å². The van der Waals surface area contributed by atoms with E-state index in [1.54, 1.807) is 30.5 Å². The minimum atomic E-state index is -1.70. The molecule has 0 radical (unpaired) electrons. The Bertz CT molecular complexity index is 5110. The topological polar surface area (TPSA) is 398 Å². The average Bonchev–Trinajstić information content (AvgIpc) is 1.54. The first kappa shape index (κ1) is 91.6. The Morgan fingerprint density at radius 3 is 1.55 bits per heavy atom. The lowest BCUT2D eigenvalue weighted by Gasteiger charge is -2.45. The fourth-order valence-corrected chi connectivity index (χ4v) is 21.9. The van der Waals surface area contributed by atoms with Gasteiger partial charge in [0.25, 0.3) is 0 Å². The fraction of sp³-hybridized carbons (Fsp3) is 0.469. The number of aromatic nitrogens is 3. The van der Waals surface area contributed by atoms with Crippen molar-refractivity contribution < 1.29 is 47.9 Å². The molecule has 9 aromatic rings. The van der Waals surface area contributed by atoms with Gasteiger partial charge in [-0.25, -0.2) is 4.39 Å². The van der Waals surface area contributed by atoms with Crippen LogP contribution < -0.4 is 59.3 Å². The number of fused-ring (bicyclic) bond motifs is 5. The summed E-state index contributed by atoms with van der Waals surface area (Å²) >= 11 is 3.76. The van der Waals surface area contributed by atoms with Crippen LogP contribution in [0.2, 0.25) is 0 Å². The molecule has 3 aliphatic heterocycles. The third-order valence-electron chi connectivity index (χ3n) is 26.1. The number of aliphatic hydroxyl groups is 1. The predicted octanol–water partition coefficient (Wildman–Crippen LogP) is 7.46. The maximum Gasteiger partial charge on any atom is 0.245 e. The number of halogens is 1. The molecule has 5 aliphatic rings. The first-order chi connectivity index (χ1) is 61.1. The number of nitrogens with one attached hydrogen (secondary N) is 13. The van der Waals surface area contributed by atoms with Crippen LogP contribution in [0.1, 0.15) is 127 Å². The van der Waals surface area contributed by atoms with E-state index in [0.29, 0.717) is 108 Å². The summed E-state index contributed by atoms with van der Waals surface area (Å²) in [5.41, 5.74) is 22.9. The van der Waals surface area contributed by atoms with Crippen LogP contribution in [0, 0.1) is 23.1 Å². The predicted molar refractivity (Wildman–Crippen MR) is 495 cm³/mol. The number of thioether (sulfide) groups is 2. The Morgan fingerprint density at radius 2 is 1.00 bits per heavy atom. The molecule has 3 aromatic heterocycles. The summed E-state index contributed by atoms with van der Waals surface area (Å²) in [4.78, 5) is 141. The van der Waals surface area contributed by atoms with Gasteiger partial charge in [-0.05, 0) is 203 Å². The Hall–Kier alpha value is -10.6. The molecule has 126 heavy (non-hydrogen) atoms. The number of rotatable bonds is 28. The molecular weight excluding hydrogens is 1630 g/mol. The number of H-pyrrole nitrogens is 3. The van der Waals surface area contributed by atoms with Gasteiger partial charge in [0.2, 0.25) is 47.3 Å². The molecule has 6 aromatic carbocycles. The van der Waals surface area contributed by atoms with E-state index in [9.17, 15) is 23.9 Å². The molecule has 15 atom stereocenters. The number of likely N-dealkylation sites (tertiary alicyclic amines) is 2. The van der Waals surface area contributed by atoms with Gasteiger partial charge >= 0.3 is 0 Å². The molecule has 3 fully saturated rings. The van der Waals surface area contributed by atoms with Crippen LogP contribution in [-0.2, 0) is 76.9 Å². The number of hydrogen-bond donors (Lipinski definition) is 16. The van der Waals surface area contributed by atoms with Gasteiger partial charge < -0.3 is 89.2 Å². The molecule has 27 nitrogen and oxygen atoms in total. The summed E-state index contributed by atoms with van der Waals surface area (Å²) in [5.74, 6) is -2.12. The quantitative estimate of drug-likeness (QED) is 0.0128. The Kier molecular flexibility index (Phi) is 31.8. The molecule has 30 heteroatoms.